The van der Waals surface area contributed by atoms with Crippen molar-refractivity contribution < 1.29 is 5.11 Å². The number of fused-ring (bicyclic) bond motifs is 1. The minimum atomic E-state index is -0.252. The number of rotatable bonds is 2. The van der Waals surface area contributed by atoms with E-state index in [0.717, 1.165) is 42.3 Å². The van der Waals surface area contributed by atoms with Gasteiger partial charge in [-0.05, 0) is 43.3 Å². The summed E-state index contributed by atoms with van der Waals surface area (Å²) in [5.41, 5.74) is 1.07. The molecule has 0 radical (unpaired) electrons. The zero-order valence-corrected chi connectivity index (χ0v) is 11.7. The number of aliphatic hydroxyl groups excluding tert-OH is 1. The Hall–Kier alpha value is -1.65. The topological polar surface area (TPSA) is 56.3 Å². The first-order valence-electron chi connectivity index (χ1n) is 7.18. The molecule has 1 aromatic heterocycles. The van der Waals surface area contributed by atoms with E-state index in [4.69, 9.17) is 0 Å². The molecule has 1 saturated heterocycles. The molecule has 0 spiro atoms. The molecule has 1 aliphatic rings. The van der Waals surface area contributed by atoms with Gasteiger partial charge in [0, 0.05) is 24.2 Å². The summed E-state index contributed by atoms with van der Waals surface area (Å²) >= 11 is 0. The zero-order valence-electron chi connectivity index (χ0n) is 11.7. The Labute approximate surface area is 118 Å². The van der Waals surface area contributed by atoms with E-state index >= 15 is 0 Å². The van der Waals surface area contributed by atoms with Gasteiger partial charge in [-0.1, -0.05) is 18.2 Å². The number of piperidine rings is 1. The fraction of sp³-hybridized carbons (Fsp3) is 0.438. The van der Waals surface area contributed by atoms with Crippen molar-refractivity contribution in [2.45, 2.75) is 38.5 Å². The molecule has 0 aliphatic carbocycles. The first-order chi connectivity index (χ1) is 9.66. The van der Waals surface area contributed by atoms with E-state index in [9.17, 15) is 9.90 Å². The van der Waals surface area contributed by atoms with Crippen LogP contribution in [0.3, 0.4) is 0 Å². The number of hydrogen-bond donors (Lipinski definition) is 2. The molecule has 0 saturated carbocycles. The number of likely N-dealkylation sites (tertiary alicyclic amines) is 1. The van der Waals surface area contributed by atoms with Gasteiger partial charge in [-0.2, -0.15) is 0 Å². The molecule has 4 heteroatoms. The quantitative estimate of drug-likeness (QED) is 0.877. The third-order valence-corrected chi connectivity index (χ3v) is 4.35. The fourth-order valence-corrected chi connectivity index (χ4v) is 3.03. The summed E-state index contributed by atoms with van der Waals surface area (Å²) in [6, 6.07) is 7.85. The molecule has 4 nitrogen and oxygen atoms in total. The smallest absolute Gasteiger partial charge is 0.255 e. The SMILES string of the molecule is CC1C(O)CCCN1Cc1c[nH]c(=O)c2ccccc12. The van der Waals surface area contributed by atoms with Crippen LogP contribution in [0.4, 0.5) is 0 Å². The number of aromatic nitrogens is 1. The van der Waals surface area contributed by atoms with E-state index in [-0.39, 0.29) is 17.7 Å². The van der Waals surface area contributed by atoms with Gasteiger partial charge < -0.3 is 10.1 Å². The standard InChI is InChI=1S/C16H20N2O2/c1-11-15(19)7-4-8-18(11)10-12-9-17-16(20)14-6-3-2-5-13(12)14/h2-3,5-6,9,11,15,19H,4,7-8,10H2,1H3,(H,17,20). The van der Waals surface area contributed by atoms with E-state index in [0.29, 0.717) is 0 Å². The fourth-order valence-electron chi connectivity index (χ4n) is 3.03. The van der Waals surface area contributed by atoms with E-state index in [2.05, 4.69) is 16.8 Å². The zero-order chi connectivity index (χ0) is 14.1. The maximum absolute atomic E-state index is 11.8. The lowest BCUT2D eigenvalue weighted by molar-refractivity contribution is 0.0159. The van der Waals surface area contributed by atoms with Crippen molar-refractivity contribution in [2.24, 2.45) is 0 Å². The molecule has 2 unspecified atom stereocenters. The van der Waals surface area contributed by atoms with Crippen LogP contribution in [0.15, 0.2) is 35.3 Å². The highest BCUT2D eigenvalue weighted by atomic mass is 16.3. The molecule has 2 heterocycles. The highest BCUT2D eigenvalue weighted by Gasteiger charge is 2.26. The van der Waals surface area contributed by atoms with Crippen LogP contribution in [0.2, 0.25) is 0 Å². The average Bonchev–Trinajstić information content (AvgIpc) is 2.47. The molecule has 2 atom stereocenters. The number of aromatic amines is 1. The van der Waals surface area contributed by atoms with E-state index in [1.165, 1.54) is 0 Å². The number of H-pyrrole nitrogens is 1. The molecule has 1 fully saturated rings. The minimum absolute atomic E-state index is 0.0453. The van der Waals surface area contributed by atoms with Crippen molar-refractivity contribution in [1.82, 2.24) is 9.88 Å². The monoisotopic (exact) mass is 272 g/mol. The Balaban J connectivity index is 1.95. The second-order valence-corrected chi connectivity index (χ2v) is 5.61. The Bertz CT molecular complexity index is 665. The number of pyridine rings is 1. The van der Waals surface area contributed by atoms with Gasteiger partial charge in [-0.15, -0.1) is 0 Å². The lowest BCUT2D eigenvalue weighted by Gasteiger charge is -2.37. The third-order valence-electron chi connectivity index (χ3n) is 4.35. The van der Waals surface area contributed by atoms with Crippen LogP contribution < -0.4 is 5.56 Å². The molecule has 2 N–H and O–H groups in total. The van der Waals surface area contributed by atoms with Gasteiger partial charge in [0.15, 0.2) is 0 Å². The second-order valence-electron chi connectivity index (χ2n) is 5.61. The predicted molar refractivity (Wildman–Crippen MR) is 79.7 cm³/mol. The Morgan fingerprint density at radius 3 is 2.90 bits per heavy atom. The van der Waals surface area contributed by atoms with E-state index in [1.54, 1.807) is 6.20 Å². The van der Waals surface area contributed by atoms with Gasteiger partial charge in [0.2, 0.25) is 0 Å². The van der Waals surface area contributed by atoms with Gasteiger partial charge in [0.1, 0.15) is 0 Å². The van der Waals surface area contributed by atoms with Crippen LogP contribution in [-0.2, 0) is 6.54 Å². The van der Waals surface area contributed by atoms with Crippen LogP contribution >= 0.6 is 0 Å². The summed E-state index contributed by atoms with van der Waals surface area (Å²) in [5.74, 6) is 0. The third kappa shape index (κ3) is 2.37. The van der Waals surface area contributed by atoms with Gasteiger partial charge in [-0.25, -0.2) is 0 Å². The van der Waals surface area contributed by atoms with Crippen LogP contribution in [0.5, 0.6) is 0 Å². The molecular formula is C16H20N2O2. The molecule has 0 amide bonds. The van der Waals surface area contributed by atoms with Crippen molar-refractivity contribution >= 4 is 10.8 Å². The van der Waals surface area contributed by atoms with Gasteiger partial charge >= 0.3 is 0 Å². The van der Waals surface area contributed by atoms with E-state index in [1.807, 2.05) is 24.3 Å². The molecule has 106 valence electrons. The summed E-state index contributed by atoms with van der Waals surface area (Å²) in [4.78, 5) is 16.9. The summed E-state index contributed by atoms with van der Waals surface area (Å²) in [5, 5.41) is 11.7. The van der Waals surface area contributed by atoms with Crippen molar-refractivity contribution in [3.63, 3.8) is 0 Å². The molecule has 20 heavy (non-hydrogen) atoms. The summed E-state index contributed by atoms with van der Waals surface area (Å²) in [6.45, 7) is 3.82. The van der Waals surface area contributed by atoms with Gasteiger partial charge in [0.25, 0.3) is 5.56 Å². The number of nitrogens with zero attached hydrogens (tertiary/aromatic N) is 1. The lowest BCUT2D eigenvalue weighted by Crippen LogP contribution is -2.45. The van der Waals surface area contributed by atoms with Crippen LogP contribution in [0.1, 0.15) is 25.3 Å². The largest absolute Gasteiger partial charge is 0.392 e. The Morgan fingerprint density at radius 2 is 2.10 bits per heavy atom. The van der Waals surface area contributed by atoms with Crippen molar-refractivity contribution in [2.75, 3.05) is 6.54 Å². The maximum Gasteiger partial charge on any atom is 0.255 e. The highest BCUT2D eigenvalue weighted by molar-refractivity contribution is 5.84. The Kier molecular flexibility index (Phi) is 3.59. The minimum Gasteiger partial charge on any atom is -0.392 e. The summed E-state index contributed by atoms with van der Waals surface area (Å²) in [6.07, 6.45) is 3.45. The maximum atomic E-state index is 11.8. The van der Waals surface area contributed by atoms with Crippen LogP contribution in [0, 0.1) is 0 Å². The van der Waals surface area contributed by atoms with Crippen LogP contribution in [-0.4, -0.2) is 33.7 Å². The Morgan fingerprint density at radius 1 is 1.35 bits per heavy atom. The number of nitrogens with one attached hydrogen (secondary N) is 1. The van der Waals surface area contributed by atoms with Crippen molar-refractivity contribution in [3.05, 3.63) is 46.4 Å². The normalized spacial score (nSPS) is 24.1. The molecule has 0 bridgehead atoms. The van der Waals surface area contributed by atoms with E-state index < -0.39 is 0 Å². The number of benzene rings is 1. The molecule has 2 aromatic rings. The van der Waals surface area contributed by atoms with Crippen molar-refractivity contribution in [1.29, 1.82) is 0 Å². The molecule has 1 aliphatic heterocycles. The number of aliphatic hydroxyl groups is 1. The molecular weight excluding hydrogens is 252 g/mol. The van der Waals surface area contributed by atoms with Crippen molar-refractivity contribution in [3.8, 4) is 0 Å². The second kappa shape index (κ2) is 5.38. The number of hydrogen-bond acceptors (Lipinski definition) is 3. The highest BCUT2D eigenvalue weighted by Crippen LogP contribution is 2.22. The first-order valence-corrected chi connectivity index (χ1v) is 7.18. The summed E-state index contributed by atoms with van der Waals surface area (Å²) in [7, 11) is 0. The average molecular weight is 272 g/mol. The summed E-state index contributed by atoms with van der Waals surface area (Å²) < 4.78 is 0. The van der Waals surface area contributed by atoms with Crippen LogP contribution in [0.25, 0.3) is 10.8 Å². The first kappa shape index (κ1) is 13.3. The molecule has 3 rings (SSSR count). The van der Waals surface area contributed by atoms with Gasteiger partial charge in [0.05, 0.1) is 6.10 Å². The van der Waals surface area contributed by atoms with Gasteiger partial charge in [-0.3, -0.25) is 9.69 Å². The lowest BCUT2D eigenvalue weighted by atomic mass is 9.99. The predicted octanol–water partition coefficient (Wildman–Crippen LogP) is 1.87. The molecule has 1 aromatic carbocycles.